The number of rotatable bonds is 5. The first-order chi connectivity index (χ1) is 8.13. The molecule has 0 spiro atoms. The highest BCUT2D eigenvalue weighted by Crippen LogP contribution is 2.29. The summed E-state index contributed by atoms with van der Waals surface area (Å²) < 4.78 is 11.6. The van der Waals surface area contributed by atoms with Gasteiger partial charge in [-0.25, -0.2) is 0 Å². The fraction of sp³-hybridized carbons (Fsp3) is 0.571. The topological polar surface area (TPSA) is 18.5 Å². The molecule has 1 aromatic carbocycles. The highest BCUT2D eigenvalue weighted by molar-refractivity contribution is 6.77. The van der Waals surface area contributed by atoms with E-state index in [1.54, 1.807) is 7.11 Å². The molecule has 0 amide bonds. The van der Waals surface area contributed by atoms with E-state index < -0.39 is 16.4 Å². The van der Waals surface area contributed by atoms with Gasteiger partial charge in [-0.1, -0.05) is 31.8 Å². The average molecular weight is 283 g/mol. The molecule has 0 radical (unpaired) electrons. The standard InChI is InChI=1S/C14H26O2Si2/c1-15-14(17(2,3)4)12-8-10-13(11-9-12)16-18(5,6)7/h8-11,14H,1-7H3. The molecule has 0 aliphatic heterocycles. The minimum atomic E-state index is -1.51. The Hall–Kier alpha value is -0.586. The molecule has 2 nitrogen and oxygen atoms in total. The van der Waals surface area contributed by atoms with Crippen molar-refractivity contribution in [1.82, 2.24) is 0 Å². The molecular weight excluding hydrogens is 256 g/mol. The summed E-state index contributed by atoms with van der Waals surface area (Å²) in [6.45, 7) is 13.6. The fourth-order valence-corrected chi connectivity index (χ4v) is 4.80. The molecule has 1 atom stereocenters. The summed E-state index contributed by atoms with van der Waals surface area (Å²) in [5.74, 6) is 0.975. The lowest BCUT2D eigenvalue weighted by molar-refractivity contribution is 0.160. The van der Waals surface area contributed by atoms with Gasteiger partial charge in [0.05, 0.1) is 13.8 Å². The lowest BCUT2D eigenvalue weighted by atomic mass is 10.2. The second-order valence-electron chi connectivity index (χ2n) is 6.77. The van der Waals surface area contributed by atoms with Gasteiger partial charge in [0.1, 0.15) is 5.75 Å². The molecule has 0 saturated heterocycles. The zero-order valence-corrected chi connectivity index (χ0v) is 14.7. The third-order valence-electron chi connectivity index (χ3n) is 2.63. The van der Waals surface area contributed by atoms with Gasteiger partial charge in [0.2, 0.25) is 8.32 Å². The first-order valence-electron chi connectivity index (χ1n) is 6.45. The summed E-state index contributed by atoms with van der Waals surface area (Å²) >= 11 is 0. The highest BCUT2D eigenvalue weighted by Gasteiger charge is 2.28. The van der Waals surface area contributed by atoms with E-state index in [9.17, 15) is 0 Å². The molecule has 0 N–H and O–H groups in total. The maximum Gasteiger partial charge on any atom is 0.242 e. The van der Waals surface area contributed by atoms with Crippen LogP contribution in [0.2, 0.25) is 39.3 Å². The van der Waals surface area contributed by atoms with Gasteiger partial charge in [-0.3, -0.25) is 0 Å². The monoisotopic (exact) mass is 282 g/mol. The molecule has 1 aromatic rings. The van der Waals surface area contributed by atoms with E-state index in [2.05, 4.69) is 63.5 Å². The van der Waals surface area contributed by atoms with Gasteiger partial charge in [0, 0.05) is 7.11 Å². The Balaban J connectivity index is 2.88. The van der Waals surface area contributed by atoms with E-state index in [1.165, 1.54) is 5.56 Å². The second-order valence-corrected chi connectivity index (χ2v) is 16.5. The van der Waals surface area contributed by atoms with Crippen LogP contribution in [0, 0.1) is 0 Å². The molecule has 0 bridgehead atoms. The molecule has 1 unspecified atom stereocenters. The van der Waals surface area contributed by atoms with Gasteiger partial charge in [-0.15, -0.1) is 0 Å². The van der Waals surface area contributed by atoms with Crippen LogP contribution in [-0.2, 0) is 4.74 Å². The van der Waals surface area contributed by atoms with Crippen LogP contribution in [0.4, 0.5) is 0 Å². The van der Waals surface area contributed by atoms with E-state index in [4.69, 9.17) is 9.16 Å². The maximum absolute atomic E-state index is 5.97. The fourth-order valence-electron chi connectivity index (χ4n) is 2.05. The minimum absolute atomic E-state index is 0.249. The Labute approximate surface area is 113 Å². The smallest absolute Gasteiger partial charge is 0.242 e. The van der Waals surface area contributed by atoms with Crippen molar-refractivity contribution >= 4 is 16.4 Å². The van der Waals surface area contributed by atoms with Gasteiger partial charge >= 0.3 is 0 Å². The Morgan fingerprint density at radius 3 is 1.72 bits per heavy atom. The first-order valence-corrected chi connectivity index (χ1v) is 13.4. The number of benzene rings is 1. The van der Waals surface area contributed by atoms with E-state index >= 15 is 0 Å². The Kier molecular flexibility index (Phi) is 4.80. The molecule has 0 saturated carbocycles. The zero-order valence-electron chi connectivity index (χ0n) is 12.7. The molecule has 1 rings (SSSR count). The van der Waals surface area contributed by atoms with Crippen molar-refractivity contribution in [2.24, 2.45) is 0 Å². The predicted molar refractivity (Wildman–Crippen MR) is 83.5 cm³/mol. The number of ether oxygens (including phenoxy) is 1. The van der Waals surface area contributed by atoms with Gasteiger partial charge in [0.15, 0.2) is 0 Å². The van der Waals surface area contributed by atoms with Gasteiger partial charge in [-0.2, -0.15) is 0 Å². The second kappa shape index (κ2) is 5.59. The van der Waals surface area contributed by atoms with Crippen molar-refractivity contribution in [3.05, 3.63) is 29.8 Å². The molecule has 0 aromatic heterocycles. The van der Waals surface area contributed by atoms with Crippen molar-refractivity contribution in [3.63, 3.8) is 0 Å². The molecule has 4 heteroatoms. The summed E-state index contributed by atoms with van der Waals surface area (Å²) in [4.78, 5) is 0. The molecule has 0 aliphatic rings. The Bertz CT molecular complexity index is 374. The van der Waals surface area contributed by atoms with Gasteiger partial charge in [0.25, 0.3) is 0 Å². The summed E-state index contributed by atoms with van der Waals surface area (Å²) in [7, 11) is -1.06. The lowest BCUT2D eigenvalue weighted by Gasteiger charge is -2.28. The number of hydrogen-bond donors (Lipinski definition) is 0. The minimum Gasteiger partial charge on any atom is -0.544 e. The van der Waals surface area contributed by atoms with Crippen molar-refractivity contribution in [1.29, 1.82) is 0 Å². The van der Waals surface area contributed by atoms with E-state index in [0.29, 0.717) is 0 Å². The molecular formula is C14H26O2Si2. The molecule has 18 heavy (non-hydrogen) atoms. The van der Waals surface area contributed by atoms with Crippen LogP contribution >= 0.6 is 0 Å². The van der Waals surface area contributed by atoms with Crippen molar-refractivity contribution in [2.45, 2.75) is 45.0 Å². The predicted octanol–water partition coefficient (Wildman–Crippen LogP) is 4.47. The summed E-state index contributed by atoms with van der Waals surface area (Å²) in [6.07, 6.45) is 0. The van der Waals surface area contributed by atoms with Crippen molar-refractivity contribution in [2.75, 3.05) is 7.11 Å². The van der Waals surface area contributed by atoms with E-state index in [-0.39, 0.29) is 5.73 Å². The van der Waals surface area contributed by atoms with Gasteiger partial charge < -0.3 is 9.16 Å². The van der Waals surface area contributed by atoms with Crippen LogP contribution in [0.25, 0.3) is 0 Å². The van der Waals surface area contributed by atoms with Crippen LogP contribution in [-0.4, -0.2) is 23.5 Å². The third kappa shape index (κ3) is 4.59. The third-order valence-corrected chi connectivity index (χ3v) is 5.62. The lowest BCUT2D eigenvalue weighted by Crippen LogP contribution is -2.32. The number of methoxy groups -OCH3 is 1. The summed E-state index contributed by atoms with van der Waals surface area (Å²) in [5, 5.41) is 0. The largest absolute Gasteiger partial charge is 0.544 e. The summed E-state index contributed by atoms with van der Waals surface area (Å²) in [6, 6.07) is 8.42. The number of hydrogen-bond acceptors (Lipinski definition) is 2. The molecule has 102 valence electrons. The molecule has 0 heterocycles. The molecule has 0 aliphatic carbocycles. The van der Waals surface area contributed by atoms with Crippen LogP contribution < -0.4 is 4.43 Å². The average Bonchev–Trinajstić information content (AvgIpc) is 2.17. The van der Waals surface area contributed by atoms with Crippen molar-refractivity contribution < 1.29 is 9.16 Å². The first kappa shape index (κ1) is 15.5. The quantitative estimate of drug-likeness (QED) is 0.742. The maximum atomic E-state index is 5.97. The van der Waals surface area contributed by atoms with Crippen LogP contribution in [0.1, 0.15) is 11.3 Å². The normalized spacial score (nSPS) is 14.4. The Morgan fingerprint density at radius 2 is 1.39 bits per heavy atom. The Morgan fingerprint density at radius 1 is 0.889 bits per heavy atom. The zero-order chi connectivity index (χ0) is 14.0. The van der Waals surface area contributed by atoms with Gasteiger partial charge in [-0.05, 0) is 37.3 Å². The van der Waals surface area contributed by atoms with Crippen LogP contribution in [0.15, 0.2) is 24.3 Å². The van der Waals surface area contributed by atoms with Crippen LogP contribution in [0.5, 0.6) is 5.75 Å². The molecule has 0 fully saturated rings. The van der Waals surface area contributed by atoms with E-state index in [1.807, 2.05) is 0 Å². The van der Waals surface area contributed by atoms with E-state index in [0.717, 1.165) is 5.75 Å². The van der Waals surface area contributed by atoms with Crippen molar-refractivity contribution in [3.8, 4) is 5.75 Å². The highest BCUT2D eigenvalue weighted by atomic mass is 28.4. The van der Waals surface area contributed by atoms with Crippen LogP contribution in [0.3, 0.4) is 0 Å². The summed E-state index contributed by atoms with van der Waals surface area (Å²) in [5.41, 5.74) is 1.51. The SMILES string of the molecule is COC(c1ccc(O[Si](C)(C)C)cc1)[Si](C)(C)C.